The van der Waals surface area contributed by atoms with Crippen molar-refractivity contribution >= 4 is 17.7 Å². The Balaban J connectivity index is 1.39. The Bertz CT molecular complexity index is 959. The van der Waals surface area contributed by atoms with E-state index in [0.717, 1.165) is 36.4 Å². The van der Waals surface area contributed by atoms with Gasteiger partial charge in [-0.15, -0.1) is 0 Å². The molecule has 0 radical (unpaired) electrons. The standard InChI is InChI=1S/C22H23N5OS/c1-15-25-14-19(20(26-15)16-6-3-2-4-7-16)21(28)27-17-8-10-18(11-9-17)29-22-23-12-5-13-24-22/h2-7,12-14,17-18H,8-11H2,1H3,(H,27,28). The Morgan fingerprint density at radius 2 is 1.72 bits per heavy atom. The lowest BCUT2D eigenvalue weighted by atomic mass is 9.94. The van der Waals surface area contributed by atoms with Crippen LogP contribution >= 0.6 is 11.8 Å². The maximum Gasteiger partial charge on any atom is 0.255 e. The fourth-order valence-electron chi connectivity index (χ4n) is 3.54. The minimum atomic E-state index is -0.105. The second kappa shape index (κ2) is 9.13. The van der Waals surface area contributed by atoms with E-state index < -0.39 is 0 Å². The molecule has 1 fully saturated rings. The fourth-order valence-corrected chi connectivity index (χ4v) is 4.59. The van der Waals surface area contributed by atoms with Crippen LogP contribution in [-0.4, -0.2) is 37.1 Å². The van der Waals surface area contributed by atoms with E-state index in [9.17, 15) is 4.79 Å². The maximum atomic E-state index is 13.0. The zero-order valence-corrected chi connectivity index (χ0v) is 17.1. The zero-order valence-electron chi connectivity index (χ0n) is 16.3. The molecule has 2 aromatic heterocycles. The average molecular weight is 406 g/mol. The minimum absolute atomic E-state index is 0.105. The second-order valence-electron chi connectivity index (χ2n) is 7.14. The number of benzene rings is 1. The first kappa shape index (κ1) is 19.5. The van der Waals surface area contributed by atoms with Gasteiger partial charge >= 0.3 is 0 Å². The molecular formula is C22H23N5OS. The van der Waals surface area contributed by atoms with Gasteiger partial charge in [-0.1, -0.05) is 42.1 Å². The van der Waals surface area contributed by atoms with Crippen LogP contribution in [0.1, 0.15) is 41.9 Å². The number of hydrogen-bond acceptors (Lipinski definition) is 6. The lowest BCUT2D eigenvalue weighted by Crippen LogP contribution is -2.38. The lowest BCUT2D eigenvalue weighted by molar-refractivity contribution is 0.0928. The molecule has 1 aromatic carbocycles. The molecule has 0 spiro atoms. The van der Waals surface area contributed by atoms with Gasteiger partial charge in [-0.05, 0) is 38.7 Å². The summed E-state index contributed by atoms with van der Waals surface area (Å²) in [6, 6.07) is 11.8. The summed E-state index contributed by atoms with van der Waals surface area (Å²) in [5.41, 5.74) is 2.13. The summed E-state index contributed by atoms with van der Waals surface area (Å²) in [7, 11) is 0. The summed E-state index contributed by atoms with van der Waals surface area (Å²) >= 11 is 1.73. The van der Waals surface area contributed by atoms with Crippen LogP contribution in [0.5, 0.6) is 0 Å². The van der Waals surface area contributed by atoms with Crippen LogP contribution in [0.15, 0.2) is 60.1 Å². The molecule has 2 heterocycles. The van der Waals surface area contributed by atoms with Gasteiger partial charge in [0.1, 0.15) is 5.82 Å². The minimum Gasteiger partial charge on any atom is -0.349 e. The SMILES string of the molecule is Cc1ncc(C(=O)NC2CCC(Sc3ncccn3)CC2)c(-c2ccccc2)n1. The number of aryl methyl sites for hydroxylation is 1. The van der Waals surface area contributed by atoms with Gasteiger partial charge in [0, 0.05) is 35.4 Å². The smallest absolute Gasteiger partial charge is 0.255 e. The Hall–Kier alpha value is -2.80. The molecule has 148 valence electrons. The van der Waals surface area contributed by atoms with Crippen molar-refractivity contribution in [3.8, 4) is 11.3 Å². The molecule has 1 saturated carbocycles. The van der Waals surface area contributed by atoms with E-state index in [1.54, 1.807) is 30.4 Å². The molecule has 0 unspecified atom stereocenters. The summed E-state index contributed by atoms with van der Waals surface area (Å²) in [6.45, 7) is 1.84. The highest BCUT2D eigenvalue weighted by molar-refractivity contribution is 7.99. The molecule has 3 aromatic rings. The topological polar surface area (TPSA) is 80.7 Å². The van der Waals surface area contributed by atoms with Crippen molar-refractivity contribution in [2.24, 2.45) is 0 Å². The second-order valence-corrected chi connectivity index (χ2v) is 8.41. The monoisotopic (exact) mass is 405 g/mol. The highest BCUT2D eigenvalue weighted by Gasteiger charge is 2.25. The van der Waals surface area contributed by atoms with Crippen molar-refractivity contribution in [3.63, 3.8) is 0 Å². The van der Waals surface area contributed by atoms with Crippen molar-refractivity contribution in [2.45, 2.75) is 49.1 Å². The number of thioether (sulfide) groups is 1. The number of nitrogens with one attached hydrogen (secondary N) is 1. The zero-order chi connectivity index (χ0) is 20.1. The quantitative estimate of drug-likeness (QED) is 0.645. The van der Waals surface area contributed by atoms with Gasteiger partial charge in [-0.2, -0.15) is 0 Å². The molecule has 0 saturated heterocycles. The van der Waals surface area contributed by atoms with Crippen molar-refractivity contribution in [3.05, 3.63) is 66.4 Å². The number of nitrogens with zero attached hydrogens (tertiary/aromatic N) is 4. The first-order valence-corrected chi connectivity index (χ1v) is 10.7. The van der Waals surface area contributed by atoms with Crippen molar-refractivity contribution in [2.75, 3.05) is 0 Å². The Kier molecular flexibility index (Phi) is 6.14. The molecular weight excluding hydrogens is 382 g/mol. The van der Waals surface area contributed by atoms with Crippen LogP contribution in [0.3, 0.4) is 0 Å². The Morgan fingerprint density at radius 3 is 2.45 bits per heavy atom. The van der Waals surface area contributed by atoms with Crippen LogP contribution in [0.2, 0.25) is 0 Å². The van der Waals surface area contributed by atoms with Gasteiger partial charge in [0.2, 0.25) is 0 Å². The molecule has 0 atom stereocenters. The van der Waals surface area contributed by atoms with E-state index >= 15 is 0 Å². The predicted octanol–water partition coefficient (Wildman–Crippen LogP) is 4.08. The number of carbonyl (C=O) groups is 1. The number of hydrogen-bond donors (Lipinski definition) is 1. The number of amides is 1. The van der Waals surface area contributed by atoms with E-state index in [1.807, 2.05) is 43.3 Å². The first-order valence-electron chi connectivity index (χ1n) is 9.82. The Labute approximate surface area is 174 Å². The molecule has 0 aliphatic heterocycles. The van der Waals surface area contributed by atoms with Crippen LogP contribution in [-0.2, 0) is 0 Å². The summed E-state index contributed by atoms with van der Waals surface area (Å²) in [4.78, 5) is 30.3. The molecule has 7 heteroatoms. The average Bonchev–Trinajstić information content (AvgIpc) is 2.76. The molecule has 1 aliphatic carbocycles. The largest absolute Gasteiger partial charge is 0.349 e. The number of aromatic nitrogens is 4. The predicted molar refractivity (Wildman–Crippen MR) is 114 cm³/mol. The van der Waals surface area contributed by atoms with Gasteiger partial charge in [0.05, 0.1) is 11.3 Å². The van der Waals surface area contributed by atoms with Gasteiger partial charge in [-0.3, -0.25) is 4.79 Å². The molecule has 0 bridgehead atoms. The van der Waals surface area contributed by atoms with Crippen molar-refractivity contribution in [1.29, 1.82) is 0 Å². The lowest BCUT2D eigenvalue weighted by Gasteiger charge is -2.28. The third kappa shape index (κ3) is 4.98. The van der Waals surface area contributed by atoms with Crippen LogP contribution < -0.4 is 5.32 Å². The van der Waals surface area contributed by atoms with Gasteiger partial charge in [-0.25, -0.2) is 19.9 Å². The fraction of sp³-hybridized carbons (Fsp3) is 0.318. The van der Waals surface area contributed by atoms with E-state index in [0.29, 0.717) is 22.3 Å². The molecule has 6 nitrogen and oxygen atoms in total. The van der Waals surface area contributed by atoms with Gasteiger partial charge in [0.15, 0.2) is 5.16 Å². The highest BCUT2D eigenvalue weighted by atomic mass is 32.2. The maximum absolute atomic E-state index is 13.0. The van der Waals surface area contributed by atoms with Crippen LogP contribution in [0, 0.1) is 6.92 Å². The van der Waals surface area contributed by atoms with E-state index in [4.69, 9.17) is 0 Å². The van der Waals surface area contributed by atoms with Crippen LogP contribution in [0.25, 0.3) is 11.3 Å². The third-order valence-corrected chi connectivity index (χ3v) is 6.25. The third-order valence-electron chi connectivity index (χ3n) is 5.02. The highest BCUT2D eigenvalue weighted by Crippen LogP contribution is 2.32. The first-order chi connectivity index (χ1) is 14.2. The van der Waals surface area contributed by atoms with E-state index in [-0.39, 0.29) is 11.9 Å². The van der Waals surface area contributed by atoms with Crippen molar-refractivity contribution < 1.29 is 4.79 Å². The number of carbonyl (C=O) groups excluding carboxylic acids is 1. The summed E-state index contributed by atoms with van der Waals surface area (Å²) < 4.78 is 0. The summed E-state index contributed by atoms with van der Waals surface area (Å²) in [5, 5.41) is 4.51. The van der Waals surface area contributed by atoms with E-state index in [2.05, 4.69) is 25.3 Å². The molecule has 1 aliphatic rings. The molecule has 29 heavy (non-hydrogen) atoms. The molecule has 4 rings (SSSR count). The normalized spacial score (nSPS) is 18.9. The Morgan fingerprint density at radius 1 is 1.00 bits per heavy atom. The van der Waals surface area contributed by atoms with Gasteiger partial charge < -0.3 is 5.32 Å². The summed E-state index contributed by atoms with van der Waals surface area (Å²) in [5.74, 6) is 0.549. The molecule has 1 N–H and O–H groups in total. The number of rotatable bonds is 5. The van der Waals surface area contributed by atoms with Crippen molar-refractivity contribution in [1.82, 2.24) is 25.3 Å². The van der Waals surface area contributed by atoms with Crippen LogP contribution in [0.4, 0.5) is 0 Å². The summed E-state index contributed by atoms with van der Waals surface area (Å²) in [6.07, 6.45) is 9.14. The molecule has 1 amide bonds. The van der Waals surface area contributed by atoms with E-state index in [1.165, 1.54) is 0 Å². The van der Waals surface area contributed by atoms with Gasteiger partial charge in [0.25, 0.3) is 5.91 Å².